The van der Waals surface area contributed by atoms with Gasteiger partial charge in [-0.05, 0) is 18.6 Å². The molecule has 0 radical (unpaired) electrons. The molecule has 0 unspecified atom stereocenters. The summed E-state index contributed by atoms with van der Waals surface area (Å²) in [4.78, 5) is 14.8. The third-order valence-corrected chi connectivity index (χ3v) is 5.01. The number of hydrogen-bond acceptors (Lipinski definition) is 6. The number of unbranched alkanes of at least 4 members (excludes halogenated alkanes) is 1. The van der Waals surface area contributed by atoms with Gasteiger partial charge in [0.05, 0.1) is 26.2 Å². The number of carbonyl (C=O) groups excluding carboxylic acids is 1. The fourth-order valence-electron chi connectivity index (χ4n) is 2.32. The smallest absolute Gasteiger partial charge is 0.266 e. The van der Waals surface area contributed by atoms with E-state index in [-0.39, 0.29) is 5.91 Å². The highest BCUT2D eigenvalue weighted by Gasteiger charge is 2.31. The van der Waals surface area contributed by atoms with E-state index in [1.807, 2.05) is 0 Å². The molecule has 1 aliphatic heterocycles. The van der Waals surface area contributed by atoms with E-state index in [0.29, 0.717) is 33.0 Å². The third-order valence-electron chi connectivity index (χ3n) is 3.63. The normalized spacial score (nSPS) is 16.0. The largest absolute Gasteiger partial charge is 0.496 e. The number of thiocarbonyl (C=S) groups is 1. The summed E-state index contributed by atoms with van der Waals surface area (Å²) in [6.45, 7) is 2.74. The Balaban J connectivity index is 2.37. The molecule has 0 bridgehead atoms. The second-order valence-electron chi connectivity index (χ2n) is 5.14. The Bertz CT molecular complexity index is 673. The van der Waals surface area contributed by atoms with Crippen molar-refractivity contribution in [3.63, 3.8) is 0 Å². The van der Waals surface area contributed by atoms with Crippen LogP contribution in [-0.2, 0) is 4.79 Å². The first-order chi connectivity index (χ1) is 11.5. The third kappa shape index (κ3) is 3.84. The number of methoxy groups -OCH3 is 3. The molecule has 24 heavy (non-hydrogen) atoms. The number of nitrogens with zero attached hydrogens (tertiary/aromatic N) is 1. The summed E-state index contributed by atoms with van der Waals surface area (Å²) >= 11 is 6.64. The van der Waals surface area contributed by atoms with Crippen molar-refractivity contribution < 1.29 is 19.0 Å². The number of hydrogen-bond donors (Lipinski definition) is 0. The summed E-state index contributed by atoms with van der Waals surface area (Å²) in [6, 6.07) is 3.53. The van der Waals surface area contributed by atoms with Crippen LogP contribution in [0.15, 0.2) is 17.0 Å². The average Bonchev–Trinajstić information content (AvgIpc) is 2.86. The molecule has 0 saturated carbocycles. The lowest BCUT2D eigenvalue weighted by molar-refractivity contribution is -0.122. The maximum absolute atomic E-state index is 12.6. The van der Waals surface area contributed by atoms with Gasteiger partial charge in [0, 0.05) is 18.2 Å². The highest BCUT2D eigenvalue weighted by Crippen LogP contribution is 2.38. The predicted octanol–water partition coefficient (Wildman–Crippen LogP) is 3.71. The summed E-state index contributed by atoms with van der Waals surface area (Å²) in [6.07, 6.45) is 3.73. The van der Waals surface area contributed by atoms with Crippen molar-refractivity contribution in [3.8, 4) is 17.2 Å². The molecule has 1 saturated heterocycles. The van der Waals surface area contributed by atoms with Crippen LogP contribution in [0, 0.1) is 0 Å². The summed E-state index contributed by atoms with van der Waals surface area (Å²) in [5.41, 5.74) is 0.742. The van der Waals surface area contributed by atoms with Crippen molar-refractivity contribution in [1.82, 2.24) is 4.90 Å². The van der Waals surface area contributed by atoms with Gasteiger partial charge >= 0.3 is 0 Å². The van der Waals surface area contributed by atoms with Gasteiger partial charge in [-0.3, -0.25) is 9.69 Å². The zero-order valence-electron chi connectivity index (χ0n) is 14.3. The number of thioether (sulfide) groups is 1. The SMILES string of the molecule is CCCCN1C(=O)/C(=C\c2cc(OC)c(OC)cc2OC)SC1=S. The van der Waals surface area contributed by atoms with E-state index in [4.69, 9.17) is 26.4 Å². The predicted molar refractivity (Wildman–Crippen MR) is 101 cm³/mol. The molecule has 7 heteroatoms. The number of ether oxygens (including phenoxy) is 3. The number of rotatable bonds is 7. The van der Waals surface area contributed by atoms with Gasteiger partial charge in [-0.25, -0.2) is 0 Å². The Kier molecular flexibility index (Phi) is 6.51. The van der Waals surface area contributed by atoms with E-state index in [2.05, 4.69) is 6.92 Å². The van der Waals surface area contributed by atoms with Crippen LogP contribution in [-0.4, -0.2) is 43.0 Å². The second-order valence-corrected chi connectivity index (χ2v) is 6.81. The minimum absolute atomic E-state index is 0.0599. The summed E-state index contributed by atoms with van der Waals surface area (Å²) in [5, 5.41) is 0. The first-order valence-electron chi connectivity index (χ1n) is 7.61. The molecule has 0 spiro atoms. The maximum Gasteiger partial charge on any atom is 0.266 e. The molecule has 0 N–H and O–H groups in total. The summed E-state index contributed by atoms with van der Waals surface area (Å²) in [5.74, 6) is 1.69. The van der Waals surface area contributed by atoms with Gasteiger partial charge in [0.2, 0.25) is 0 Å². The van der Waals surface area contributed by atoms with Crippen LogP contribution < -0.4 is 14.2 Å². The van der Waals surface area contributed by atoms with Crippen LogP contribution in [0.25, 0.3) is 6.08 Å². The Labute approximate surface area is 151 Å². The molecule has 0 atom stereocenters. The Morgan fingerprint density at radius 1 is 1.12 bits per heavy atom. The van der Waals surface area contributed by atoms with Gasteiger partial charge < -0.3 is 14.2 Å². The lowest BCUT2D eigenvalue weighted by atomic mass is 10.1. The van der Waals surface area contributed by atoms with Crippen LogP contribution in [0.3, 0.4) is 0 Å². The Morgan fingerprint density at radius 3 is 2.33 bits per heavy atom. The molecule has 1 fully saturated rings. The van der Waals surface area contributed by atoms with Crippen LogP contribution in [0.5, 0.6) is 17.2 Å². The molecule has 1 aromatic rings. The molecular weight excluding hydrogens is 346 g/mol. The average molecular weight is 367 g/mol. The van der Waals surface area contributed by atoms with E-state index in [1.54, 1.807) is 44.4 Å². The Morgan fingerprint density at radius 2 is 1.75 bits per heavy atom. The standard InChI is InChI=1S/C17H21NO4S2/c1-5-6-7-18-16(19)15(24-17(18)23)9-11-8-13(21-3)14(22-4)10-12(11)20-2/h8-10H,5-7H2,1-4H3/b15-9+. The van der Waals surface area contributed by atoms with Gasteiger partial charge in [-0.1, -0.05) is 37.3 Å². The van der Waals surface area contributed by atoms with Crippen molar-refractivity contribution >= 4 is 40.3 Å². The molecule has 2 rings (SSSR count). The zero-order chi connectivity index (χ0) is 17.7. The van der Waals surface area contributed by atoms with Crippen molar-refractivity contribution in [2.45, 2.75) is 19.8 Å². The van der Waals surface area contributed by atoms with Gasteiger partial charge in [0.15, 0.2) is 11.5 Å². The van der Waals surface area contributed by atoms with Gasteiger partial charge in [0.1, 0.15) is 10.1 Å². The fraction of sp³-hybridized carbons (Fsp3) is 0.412. The van der Waals surface area contributed by atoms with Crippen molar-refractivity contribution in [3.05, 3.63) is 22.6 Å². The van der Waals surface area contributed by atoms with Gasteiger partial charge in [-0.2, -0.15) is 0 Å². The summed E-state index contributed by atoms with van der Waals surface area (Å²) < 4.78 is 16.6. The van der Waals surface area contributed by atoms with E-state index in [0.717, 1.165) is 18.4 Å². The molecular formula is C17H21NO4S2. The zero-order valence-corrected chi connectivity index (χ0v) is 15.9. The van der Waals surface area contributed by atoms with E-state index >= 15 is 0 Å². The highest BCUT2D eigenvalue weighted by molar-refractivity contribution is 8.26. The quantitative estimate of drug-likeness (QED) is 0.541. The number of carbonyl (C=O) groups is 1. The van der Waals surface area contributed by atoms with Crippen molar-refractivity contribution in [2.24, 2.45) is 0 Å². The van der Waals surface area contributed by atoms with Crippen LogP contribution >= 0.6 is 24.0 Å². The maximum atomic E-state index is 12.6. The molecule has 0 aliphatic carbocycles. The fourth-order valence-corrected chi connectivity index (χ4v) is 3.62. The minimum Gasteiger partial charge on any atom is -0.496 e. The van der Waals surface area contributed by atoms with E-state index < -0.39 is 0 Å². The molecule has 1 aliphatic rings. The van der Waals surface area contributed by atoms with Crippen LogP contribution in [0.1, 0.15) is 25.3 Å². The molecule has 0 aromatic heterocycles. The molecule has 1 aromatic carbocycles. The monoisotopic (exact) mass is 367 g/mol. The number of benzene rings is 1. The van der Waals surface area contributed by atoms with Crippen molar-refractivity contribution in [2.75, 3.05) is 27.9 Å². The van der Waals surface area contributed by atoms with E-state index in [9.17, 15) is 4.79 Å². The first-order valence-corrected chi connectivity index (χ1v) is 8.83. The first kappa shape index (κ1) is 18.6. The van der Waals surface area contributed by atoms with E-state index in [1.165, 1.54) is 11.8 Å². The minimum atomic E-state index is -0.0599. The Hall–Kier alpha value is -1.73. The van der Waals surface area contributed by atoms with Gasteiger partial charge in [-0.15, -0.1) is 0 Å². The van der Waals surface area contributed by atoms with Crippen LogP contribution in [0.2, 0.25) is 0 Å². The van der Waals surface area contributed by atoms with Crippen LogP contribution in [0.4, 0.5) is 0 Å². The lowest BCUT2D eigenvalue weighted by Gasteiger charge is -2.13. The molecule has 1 heterocycles. The summed E-state index contributed by atoms with van der Waals surface area (Å²) in [7, 11) is 4.71. The number of amides is 1. The van der Waals surface area contributed by atoms with Crippen molar-refractivity contribution in [1.29, 1.82) is 0 Å². The molecule has 130 valence electrons. The second kappa shape index (κ2) is 8.39. The molecule has 1 amide bonds. The lowest BCUT2D eigenvalue weighted by Crippen LogP contribution is -2.28. The molecule has 5 nitrogen and oxygen atoms in total. The topological polar surface area (TPSA) is 48.0 Å². The highest BCUT2D eigenvalue weighted by atomic mass is 32.2. The van der Waals surface area contributed by atoms with Gasteiger partial charge in [0.25, 0.3) is 5.91 Å².